The molecule has 0 saturated carbocycles. The maximum absolute atomic E-state index is 13.5. The molecule has 0 saturated heterocycles. The number of hydrogen-bond acceptors (Lipinski definition) is 6. The van der Waals surface area contributed by atoms with Crippen molar-refractivity contribution in [2.75, 3.05) is 0 Å². The fourth-order valence-electron chi connectivity index (χ4n) is 3.98. The summed E-state index contributed by atoms with van der Waals surface area (Å²) in [6.07, 6.45) is 0. The number of aryl methyl sites for hydroxylation is 1. The van der Waals surface area contributed by atoms with E-state index in [0.29, 0.717) is 17.9 Å². The van der Waals surface area contributed by atoms with Crippen LogP contribution in [0.4, 0.5) is 0 Å². The summed E-state index contributed by atoms with van der Waals surface area (Å²) >= 11 is 0. The summed E-state index contributed by atoms with van der Waals surface area (Å²) in [5.41, 5.74) is 2.73. The number of hydrogen-bond donors (Lipinski definition) is 2. The molecule has 0 amide bonds. The Kier molecular flexibility index (Phi) is 6.33. The van der Waals surface area contributed by atoms with E-state index in [1.54, 1.807) is 25.1 Å². The molecule has 0 aliphatic rings. The minimum Gasteiger partial charge on any atom is -0.507 e. The largest absolute Gasteiger partial charge is 0.507 e. The number of fused-ring (bicyclic) bond motifs is 1. The van der Waals surface area contributed by atoms with Gasteiger partial charge in [-0.1, -0.05) is 60.7 Å². The van der Waals surface area contributed by atoms with Crippen LogP contribution in [0.2, 0.25) is 0 Å². The highest BCUT2D eigenvalue weighted by Gasteiger charge is 2.21. The fraction of sp³-hybridized carbons (Fsp3) is 0.100. The van der Waals surface area contributed by atoms with E-state index in [2.05, 4.69) is 0 Å². The summed E-state index contributed by atoms with van der Waals surface area (Å²) in [6.45, 7) is 2.22. The quantitative estimate of drug-likeness (QED) is 0.283. The molecule has 6 nitrogen and oxygen atoms in total. The van der Waals surface area contributed by atoms with Crippen LogP contribution in [0.1, 0.15) is 16.7 Å². The summed E-state index contributed by atoms with van der Waals surface area (Å²) in [5, 5.41) is 21.2. The van der Waals surface area contributed by atoms with Gasteiger partial charge in [-0.2, -0.15) is 0 Å². The zero-order chi connectivity index (χ0) is 25.1. The van der Waals surface area contributed by atoms with Crippen molar-refractivity contribution in [3.05, 3.63) is 118 Å². The molecule has 0 aliphatic carbocycles. The molecule has 0 unspecified atom stereocenters. The van der Waals surface area contributed by atoms with Gasteiger partial charge in [0.15, 0.2) is 17.3 Å². The van der Waals surface area contributed by atoms with Crippen molar-refractivity contribution >= 4 is 11.0 Å². The maximum atomic E-state index is 13.5. The molecule has 180 valence electrons. The molecule has 2 N–H and O–H groups in total. The number of aromatic hydroxyl groups is 2. The third-order valence-corrected chi connectivity index (χ3v) is 5.76. The summed E-state index contributed by atoms with van der Waals surface area (Å²) in [5.74, 6) is 0.113. The number of ether oxygens (including phenoxy) is 2. The highest BCUT2D eigenvalue weighted by Crippen LogP contribution is 2.38. The zero-order valence-corrected chi connectivity index (χ0v) is 19.6. The smallest absolute Gasteiger partial charge is 0.239 e. The predicted molar refractivity (Wildman–Crippen MR) is 138 cm³/mol. The van der Waals surface area contributed by atoms with E-state index in [1.807, 2.05) is 60.7 Å². The molecule has 0 fully saturated rings. The first kappa shape index (κ1) is 23.1. The number of rotatable bonds is 7. The number of phenolic OH excluding ortho intramolecular Hbond substituents is 2. The molecule has 0 atom stereocenters. The Labute approximate surface area is 207 Å². The molecule has 1 aromatic heterocycles. The molecule has 0 aliphatic heterocycles. The third kappa shape index (κ3) is 4.74. The van der Waals surface area contributed by atoms with Crippen LogP contribution in [0.5, 0.6) is 23.0 Å². The van der Waals surface area contributed by atoms with Crippen LogP contribution in [-0.4, -0.2) is 10.2 Å². The Hall–Kier alpha value is -4.71. The van der Waals surface area contributed by atoms with Crippen molar-refractivity contribution in [1.82, 2.24) is 0 Å². The molecule has 1 heterocycles. The number of benzene rings is 4. The van der Waals surface area contributed by atoms with Crippen molar-refractivity contribution in [3.63, 3.8) is 0 Å². The standard InChI is InChI=1S/C30H24O6/c1-19-14-24(32)27-26(15-19)36-29(30(28(27)33)35-18-21-10-6-3-7-11-21)22-12-13-25(23(31)16-22)34-17-20-8-4-2-5-9-20/h2-16,31-32H,17-18H2,1H3. The van der Waals surface area contributed by atoms with E-state index in [4.69, 9.17) is 13.9 Å². The van der Waals surface area contributed by atoms with Gasteiger partial charge < -0.3 is 24.1 Å². The van der Waals surface area contributed by atoms with Crippen molar-refractivity contribution in [2.24, 2.45) is 0 Å². The third-order valence-electron chi connectivity index (χ3n) is 5.76. The molecular weight excluding hydrogens is 456 g/mol. The van der Waals surface area contributed by atoms with Gasteiger partial charge in [-0.3, -0.25) is 4.79 Å². The minimum atomic E-state index is -0.497. The molecule has 0 bridgehead atoms. The molecule has 4 aromatic carbocycles. The van der Waals surface area contributed by atoms with E-state index < -0.39 is 5.43 Å². The Morgan fingerprint density at radius 1 is 0.750 bits per heavy atom. The molecule has 6 heteroatoms. The van der Waals surface area contributed by atoms with Gasteiger partial charge in [0.05, 0.1) is 0 Å². The second kappa shape index (κ2) is 9.88. The molecule has 36 heavy (non-hydrogen) atoms. The lowest BCUT2D eigenvalue weighted by Gasteiger charge is -2.14. The Balaban J connectivity index is 1.55. The molecule has 5 aromatic rings. The first-order valence-corrected chi connectivity index (χ1v) is 11.5. The van der Waals surface area contributed by atoms with Gasteiger partial charge in [0.1, 0.15) is 29.9 Å². The fourth-order valence-corrected chi connectivity index (χ4v) is 3.98. The lowest BCUT2D eigenvalue weighted by atomic mass is 10.1. The molecule has 0 radical (unpaired) electrons. The van der Waals surface area contributed by atoms with Crippen LogP contribution in [0.25, 0.3) is 22.3 Å². The van der Waals surface area contributed by atoms with Crippen molar-refractivity contribution < 1.29 is 24.1 Å². The van der Waals surface area contributed by atoms with Gasteiger partial charge in [-0.15, -0.1) is 0 Å². The first-order chi connectivity index (χ1) is 17.5. The van der Waals surface area contributed by atoms with Crippen LogP contribution >= 0.6 is 0 Å². The zero-order valence-electron chi connectivity index (χ0n) is 19.6. The topological polar surface area (TPSA) is 89.1 Å². The SMILES string of the molecule is Cc1cc(O)c2c(=O)c(OCc3ccccc3)c(-c3ccc(OCc4ccccc4)c(O)c3)oc2c1. The predicted octanol–water partition coefficient (Wildman–Crippen LogP) is 6.34. The monoisotopic (exact) mass is 480 g/mol. The Morgan fingerprint density at radius 3 is 2.03 bits per heavy atom. The van der Waals surface area contributed by atoms with E-state index >= 15 is 0 Å². The van der Waals surface area contributed by atoms with E-state index in [0.717, 1.165) is 16.7 Å². The van der Waals surface area contributed by atoms with Crippen LogP contribution in [0.15, 0.2) is 100 Å². The van der Waals surface area contributed by atoms with Gasteiger partial charge in [0, 0.05) is 5.56 Å². The Bertz CT molecular complexity index is 1570. The van der Waals surface area contributed by atoms with Gasteiger partial charge in [-0.25, -0.2) is 0 Å². The van der Waals surface area contributed by atoms with E-state index in [-0.39, 0.29) is 40.6 Å². The second-order valence-electron chi connectivity index (χ2n) is 8.48. The normalized spacial score (nSPS) is 10.9. The van der Waals surface area contributed by atoms with Gasteiger partial charge >= 0.3 is 0 Å². The average Bonchev–Trinajstić information content (AvgIpc) is 2.88. The summed E-state index contributed by atoms with van der Waals surface area (Å²) in [6, 6.07) is 27.0. The van der Waals surface area contributed by atoms with Crippen LogP contribution in [-0.2, 0) is 13.2 Å². The summed E-state index contributed by atoms with van der Waals surface area (Å²) < 4.78 is 17.8. The lowest BCUT2D eigenvalue weighted by Crippen LogP contribution is -2.10. The molecule has 0 spiro atoms. The van der Waals surface area contributed by atoms with Crippen molar-refractivity contribution in [1.29, 1.82) is 0 Å². The minimum absolute atomic E-state index is 0.0412. The lowest BCUT2D eigenvalue weighted by molar-refractivity contribution is 0.289. The van der Waals surface area contributed by atoms with Gasteiger partial charge in [-0.05, 0) is 53.9 Å². The van der Waals surface area contributed by atoms with Crippen LogP contribution in [0.3, 0.4) is 0 Å². The maximum Gasteiger partial charge on any atom is 0.239 e. The Morgan fingerprint density at radius 2 is 1.39 bits per heavy atom. The summed E-state index contributed by atoms with van der Waals surface area (Å²) in [7, 11) is 0. The highest BCUT2D eigenvalue weighted by molar-refractivity contribution is 5.87. The summed E-state index contributed by atoms with van der Waals surface area (Å²) in [4.78, 5) is 13.5. The number of phenols is 2. The van der Waals surface area contributed by atoms with Crippen molar-refractivity contribution in [3.8, 4) is 34.3 Å². The van der Waals surface area contributed by atoms with Crippen molar-refractivity contribution in [2.45, 2.75) is 20.1 Å². The second-order valence-corrected chi connectivity index (χ2v) is 8.48. The van der Waals surface area contributed by atoms with Crippen LogP contribution < -0.4 is 14.9 Å². The highest BCUT2D eigenvalue weighted by atomic mass is 16.5. The van der Waals surface area contributed by atoms with Gasteiger partial charge in [0.25, 0.3) is 0 Å². The van der Waals surface area contributed by atoms with Crippen LogP contribution in [0, 0.1) is 6.92 Å². The van der Waals surface area contributed by atoms with E-state index in [1.165, 1.54) is 12.1 Å². The van der Waals surface area contributed by atoms with Gasteiger partial charge in [0.2, 0.25) is 11.2 Å². The average molecular weight is 481 g/mol. The molecular formula is C30H24O6. The first-order valence-electron chi connectivity index (χ1n) is 11.5. The van der Waals surface area contributed by atoms with E-state index in [9.17, 15) is 15.0 Å². The molecule has 5 rings (SSSR count).